The van der Waals surface area contributed by atoms with Crippen molar-refractivity contribution >= 4 is 22.6 Å². The Labute approximate surface area is 120 Å². The number of benzene rings is 2. The van der Waals surface area contributed by atoms with Gasteiger partial charge in [0, 0.05) is 11.1 Å². The Morgan fingerprint density at radius 2 is 1.38 bits per heavy atom. The number of para-hydroxylation sites is 1. The molecule has 2 aromatic carbocycles. The Hall–Kier alpha value is -2.88. The van der Waals surface area contributed by atoms with Crippen LogP contribution in [0.1, 0.15) is 37.7 Å². The number of ketones is 2. The first-order chi connectivity index (χ1) is 10.2. The smallest absolute Gasteiger partial charge is 0.214 e. The zero-order valence-corrected chi connectivity index (χ0v) is 11.3. The zero-order valence-electron chi connectivity index (χ0n) is 11.3. The average molecular weight is 274 g/mol. The molecule has 0 unspecified atom stereocenters. The Morgan fingerprint density at radius 3 is 2.05 bits per heavy atom. The van der Waals surface area contributed by atoms with E-state index in [1.165, 1.54) is 0 Å². The average Bonchev–Trinajstić information content (AvgIpc) is 2.52. The predicted octanol–water partition coefficient (Wildman–Crippen LogP) is 2.71. The lowest BCUT2D eigenvalue weighted by atomic mass is 9.89. The fraction of sp³-hybridized carbons (Fsp3) is 0.0588. The molecular weight excluding hydrogens is 264 g/mol. The number of hydrogen-bond acceptors (Lipinski definition) is 4. The van der Waals surface area contributed by atoms with Crippen LogP contribution in [0.15, 0.2) is 42.5 Å². The third-order valence-electron chi connectivity index (χ3n) is 3.74. The fourth-order valence-corrected chi connectivity index (χ4v) is 2.67. The zero-order chi connectivity index (χ0) is 14.6. The summed E-state index contributed by atoms with van der Waals surface area (Å²) in [6.45, 7) is 1.91. The Bertz CT molecular complexity index is 945. The van der Waals surface area contributed by atoms with Gasteiger partial charge in [-0.25, -0.2) is 9.97 Å². The van der Waals surface area contributed by atoms with Crippen LogP contribution in [0, 0.1) is 6.92 Å². The lowest BCUT2D eigenvalue weighted by molar-refractivity contribution is 0.0972. The van der Waals surface area contributed by atoms with E-state index in [1.807, 2.05) is 19.1 Å². The summed E-state index contributed by atoms with van der Waals surface area (Å²) in [5.74, 6) is -0.478. The molecule has 4 rings (SSSR count). The van der Waals surface area contributed by atoms with Crippen molar-refractivity contribution in [1.82, 2.24) is 9.97 Å². The second kappa shape index (κ2) is 4.06. The monoisotopic (exact) mass is 274 g/mol. The van der Waals surface area contributed by atoms with Crippen LogP contribution in [-0.2, 0) is 0 Å². The van der Waals surface area contributed by atoms with Crippen LogP contribution in [-0.4, -0.2) is 21.5 Å². The number of hydrogen-bond donors (Lipinski definition) is 0. The minimum Gasteiger partial charge on any atom is -0.287 e. The molecule has 3 aromatic rings. The first kappa shape index (κ1) is 11.9. The van der Waals surface area contributed by atoms with Crippen molar-refractivity contribution < 1.29 is 9.59 Å². The summed E-state index contributed by atoms with van der Waals surface area (Å²) >= 11 is 0. The van der Waals surface area contributed by atoms with Gasteiger partial charge in [0.1, 0.15) is 11.4 Å². The molecule has 0 fully saturated rings. The second-order valence-corrected chi connectivity index (χ2v) is 5.07. The van der Waals surface area contributed by atoms with E-state index in [1.54, 1.807) is 30.3 Å². The summed E-state index contributed by atoms with van der Waals surface area (Å²) in [6.07, 6.45) is 0. The molecule has 0 aliphatic heterocycles. The molecule has 1 aliphatic rings. The summed E-state index contributed by atoms with van der Waals surface area (Å²) in [7, 11) is 0. The van der Waals surface area contributed by atoms with Gasteiger partial charge in [0.05, 0.1) is 11.0 Å². The molecule has 0 bridgehead atoms. The van der Waals surface area contributed by atoms with Crippen LogP contribution in [0.25, 0.3) is 11.0 Å². The highest BCUT2D eigenvalue weighted by Gasteiger charge is 2.32. The Kier molecular flexibility index (Phi) is 2.30. The Morgan fingerprint density at radius 1 is 0.762 bits per heavy atom. The van der Waals surface area contributed by atoms with Gasteiger partial charge in [-0.1, -0.05) is 36.4 Å². The lowest BCUT2D eigenvalue weighted by Crippen LogP contribution is -2.23. The number of aromatic nitrogens is 2. The molecule has 1 aromatic heterocycles. The molecule has 100 valence electrons. The minimum atomic E-state index is -0.240. The van der Waals surface area contributed by atoms with Gasteiger partial charge < -0.3 is 0 Å². The quantitative estimate of drug-likeness (QED) is 0.494. The van der Waals surface area contributed by atoms with Crippen LogP contribution in [0.5, 0.6) is 0 Å². The van der Waals surface area contributed by atoms with E-state index < -0.39 is 0 Å². The maximum absolute atomic E-state index is 12.6. The summed E-state index contributed by atoms with van der Waals surface area (Å²) < 4.78 is 0. The Balaban J connectivity index is 2.09. The molecule has 4 heteroatoms. The van der Waals surface area contributed by atoms with E-state index in [0.717, 1.165) is 5.56 Å². The first-order valence-corrected chi connectivity index (χ1v) is 6.62. The molecule has 4 nitrogen and oxygen atoms in total. The highest BCUT2D eigenvalue weighted by molar-refractivity contribution is 6.27. The number of rotatable bonds is 0. The van der Waals surface area contributed by atoms with Crippen molar-refractivity contribution in [3.05, 3.63) is 70.5 Å². The van der Waals surface area contributed by atoms with Gasteiger partial charge in [0.2, 0.25) is 11.6 Å². The predicted molar refractivity (Wildman–Crippen MR) is 77.6 cm³/mol. The van der Waals surface area contributed by atoms with E-state index in [2.05, 4.69) is 9.97 Å². The third-order valence-corrected chi connectivity index (χ3v) is 3.74. The van der Waals surface area contributed by atoms with Gasteiger partial charge in [-0.05, 0) is 18.6 Å². The molecule has 0 N–H and O–H groups in total. The number of carbonyl (C=O) groups excluding carboxylic acids is 2. The van der Waals surface area contributed by atoms with E-state index in [4.69, 9.17) is 0 Å². The van der Waals surface area contributed by atoms with Crippen molar-refractivity contribution in [2.45, 2.75) is 6.92 Å². The molecule has 0 atom stereocenters. The van der Waals surface area contributed by atoms with Crippen LogP contribution >= 0.6 is 0 Å². The molecule has 1 heterocycles. The molecule has 0 saturated heterocycles. The van der Waals surface area contributed by atoms with Gasteiger partial charge >= 0.3 is 0 Å². The SMILES string of the molecule is Cc1cccc2nc3c(nc12)C(=O)c1ccccc1C3=O. The first-order valence-electron chi connectivity index (χ1n) is 6.62. The molecule has 0 saturated carbocycles. The van der Waals surface area contributed by atoms with Crippen LogP contribution in [0.3, 0.4) is 0 Å². The highest BCUT2D eigenvalue weighted by Crippen LogP contribution is 2.27. The number of aryl methyl sites for hydroxylation is 1. The normalized spacial score (nSPS) is 13.2. The molecule has 0 amide bonds. The summed E-state index contributed by atoms with van der Waals surface area (Å²) in [6, 6.07) is 12.4. The molecular formula is C17H10N2O2. The van der Waals surface area contributed by atoms with E-state index in [0.29, 0.717) is 22.2 Å². The van der Waals surface area contributed by atoms with Gasteiger partial charge in [-0.15, -0.1) is 0 Å². The lowest BCUT2D eigenvalue weighted by Gasteiger charge is -2.16. The largest absolute Gasteiger partial charge is 0.287 e. The van der Waals surface area contributed by atoms with E-state index >= 15 is 0 Å². The fourth-order valence-electron chi connectivity index (χ4n) is 2.67. The van der Waals surface area contributed by atoms with E-state index in [-0.39, 0.29) is 23.0 Å². The summed E-state index contributed by atoms with van der Waals surface area (Å²) in [4.78, 5) is 33.9. The highest BCUT2D eigenvalue weighted by atomic mass is 16.1. The van der Waals surface area contributed by atoms with Crippen molar-refractivity contribution in [2.75, 3.05) is 0 Å². The minimum absolute atomic E-state index is 0.150. The molecule has 1 aliphatic carbocycles. The van der Waals surface area contributed by atoms with Crippen molar-refractivity contribution in [3.63, 3.8) is 0 Å². The number of nitrogens with zero attached hydrogens (tertiary/aromatic N) is 2. The maximum Gasteiger partial charge on any atom is 0.214 e. The second-order valence-electron chi connectivity index (χ2n) is 5.07. The van der Waals surface area contributed by atoms with E-state index in [9.17, 15) is 9.59 Å². The van der Waals surface area contributed by atoms with Crippen molar-refractivity contribution in [2.24, 2.45) is 0 Å². The van der Waals surface area contributed by atoms with Gasteiger partial charge in [-0.2, -0.15) is 0 Å². The third kappa shape index (κ3) is 1.56. The van der Waals surface area contributed by atoms with Crippen LogP contribution < -0.4 is 0 Å². The van der Waals surface area contributed by atoms with Gasteiger partial charge in [0.15, 0.2) is 0 Å². The van der Waals surface area contributed by atoms with Crippen LogP contribution in [0.4, 0.5) is 0 Å². The van der Waals surface area contributed by atoms with Gasteiger partial charge in [0.25, 0.3) is 0 Å². The molecule has 0 spiro atoms. The number of fused-ring (bicyclic) bond motifs is 3. The van der Waals surface area contributed by atoms with Crippen molar-refractivity contribution in [1.29, 1.82) is 0 Å². The standard InChI is InChI=1S/C17H10N2O2/c1-9-5-4-8-12-13(9)19-15-14(18-12)16(20)10-6-2-3-7-11(10)17(15)21/h2-8H,1H3. The maximum atomic E-state index is 12.6. The van der Waals surface area contributed by atoms with Crippen molar-refractivity contribution in [3.8, 4) is 0 Å². The number of carbonyl (C=O) groups is 2. The summed E-state index contributed by atoms with van der Waals surface area (Å²) in [5, 5.41) is 0. The van der Waals surface area contributed by atoms with Crippen LogP contribution in [0.2, 0.25) is 0 Å². The summed E-state index contributed by atoms with van der Waals surface area (Å²) in [5.41, 5.74) is 3.33. The van der Waals surface area contributed by atoms with Gasteiger partial charge in [-0.3, -0.25) is 9.59 Å². The topological polar surface area (TPSA) is 59.9 Å². The molecule has 21 heavy (non-hydrogen) atoms. The molecule has 0 radical (unpaired) electrons.